The molecule has 112 valence electrons. The third-order valence-electron chi connectivity index (χ3n) is 3.26. The Morgan fingerprint density at radius 1 is 1.38 bits per heavy atom. The third kappa shape index (κ3) is 2.91. The number of aliphatic carboxylic acids is 1. The lowest BCUT2D eigenvalue weighted by Gasteiger charge is -2.26. The predicted octanol–water partition coefficient (Wildman–Crippen LogP) is 2.57. The summed E-state index contributed by atoms with van der Waals surface area (Å²) < 4.78 is 31.4. The number of ether oxygens (including phenoxy) is 1. The standard InChI is InChI=1S/C14H14F2N2O3/c1-3-10-11(13(19)20)12(18-14(17-10)21-2)7-4-5-8(15)9(16)6-7/h4-6,11-12H,3H2,1-2H3,(H,19,20). The molecule has 2 unspecified atom stereocenters. The van der Waals surface area contributed by atoms with Crippen LogP contribution in [0, 0.1) is 17.6 Å². The lowest BCUT2D eigenvalue weighted by molar-refractivity contribution is -0.140. The number of amidine groups is 1. The molecule has 1 heterocycles. The number of hydrogen-bond donors (Lipinski definition) is 1. The molecule has 0 aliphatic carbocycles. The molecule has 1 aromatic rings. The molecule has 0 saturated carbocycles. The first-order chi connectivity index (χ1) is 9.97. The summed E-state index contributed by atoms with van der Waals surface area (Å²) in [7, 11) is 1.36. The van der Waals surface area contributed by atoms with Crippen LogP contribution in [0.1, 0.15) is 24.9 Å². The Morgan fingerprint density at radius 3 is 2.62 bits per heavy atom. The molecule has 0 bridgehead atoms. The first-order valence-corrected chi connectivity index (χ1v) is 6.35. The lowest BCUT2D eigenvalue weighted by atomic mass is 9.87. The van der Waals surface area contributed by atoms with Gasteiger partial charge in [0.05, 0.1) is 13.2 Å². The average molecular weight is 296 g/mol. The van der Waals surface area contributed by atoms with Crippen molar-refractivity contribution in [2.24, 2.45) is 15.9 Å². The van der Waals surface area contributed by atoms with Gasteiger partial charge in [0.15, 0.2) is 11.6 Å². The van der Waals surface area contributed by atoms with Crippen molar-refractivity contribution in [3.63, 3.8) is 0 Å². The number of carboxylic acid groups (broad SMARTS) is 1. The molecular formula is C14H14F2N2O3. The van der Waals surface area contributed by atoms with E-state index in [-0.39, 0.29) is 11.6 Å². The van der Waals surface area contributed by atoms with Crippen LogP contribution in [0.25, 0.3) is 0 Å². The maximum absolute atomic E-state index is 13.4. The Balaban J connectivity index is 2.51. The quantitative estimate of drug-likeness (QED) is 0.931. The summed E-state index contributed by atoms with van der Waals surface area (Å²) >= 11 is 0. The van der Waals surface area contributed by atoms with Gasteiger partial charge in [0.1, 0.15) is 5.92 Å². The van der Waals surface area contributed by atoms with Crippen LogP contribution in [0.15, 0.2) is 28.2 Å². The van der Waals surface area contributed by atoms with Gasteiger partial charge >= 0.3 is 12.0 Å². The Morgan fingerprint density at radius 2 is 2.10 bits per heavy atom. The normalized spacial score (nSPS) is 21.5. The molecule has 7 heteroatoms. The molecule has 0 aromatic heterocycles. The van der Waals surface area contributed by atoms with Crippen molar-refractivity contribution in [3.8, 4) is 0 Å². The summed E-state index contributed by atoms with van der Waals surface area (Å²) in [5, 5.41) is 9.40. The second-order valence-corrected chi connectivity index (χ2v) is 4.51. The minimum Gasteiger partial charge on any atom is -0.481 e. The van der Waals surface area contributed by atoms with Gasteiger partial charge < -0.3 is 9.84 Å². The molecule has 5 nitrogen and oxygen atoms in total. The van der Waals surface area contributed by atoms with Crippen molar-refractivity contribution in [2.45, 2.75) is 19.4 Å². The van der Waals surface area contributed by atoms with E-state index >= 15 is 0 Å². The minimum absolute atomic E-state index is 0.0269. The Bertz CT molecular complexity index is 629. The number of hydrogen-bond acceptors (Lipinski definition) is 4. The highest BCUT2D eigenvalue weighted by molar-refractivity contribution is 6.08. The fourth-order valence-corrected chi connectivity index (χ4v) is 2.24. The van der Waals surface area contributed by atoms with E-state index in [0.717, 1.165) is 12.1 Å². The molecule has 21 heavy (non-hydrogen) atoms. The van der Waals surface area contributed by atoms with E-state index < -0.39 is 29.6 Å². The van der Waals surface area contributed by atoms with Crippen LogP contribution in [0.4, 0.5) is 8.78 Å². The van der Waals surface area contributed by atoms with Crippen LogP contribution in [0.5, 0.6) is 0 Å². The second kappa shape index (κ2) is 5.99. The Kier molecular flexibility index (Phi) is 4.30. The van der Waals surface area contributed by atoms with Crippen molar-refractivity contribution in [2.75, 3.05) is 7.11 Å². The number of carboxylic acids is 1. The molecule has 0 spiro atoms. The van der Waals surface area contributed by atoms with E-state index in [4.69, 9.17) is 4.74 Å². The van der Waals surface area contributed by atoms with Crippen molar-refractivity contribution >= 4 is 17.7 Å². The molecule has 0 radical (unpaired) electrons. The predicted molar refractivity (Wildman–Crippen MR) is 72.4 cm³/mol. The fraction of sp³-hybridized carbons (Fsp3) is 0.357. The highest BCUT2D eigenvalue weighted by Gasteiger charge is 2.37. The van der Waals surface area contributed by atoms with Gasteiger partial charge in [-0.2, -0.15) is 0 Å². The van der Waals surface area contributed by atoms with E-state index in [1.165, 1.54) is 13.2 Å². The van der Waals surface area contributed by atoms with E-state index in [0.29, 0.717) is 12.1 Å². The topological polar surface area (TPSA) is 71.2 Å². The lowest BCUT2D eigenvalue weighted by Crippen LogP contribution is -2.33. The molecule has 1 aliphatic rings. The third-order valence-corrected chi connectivity index (χ3v) is 3.26. The number of carbonyl (C=O) groups is 1. The maximum atomic E-state index is 13.4. The SMILES string of the molecule is CCC1=NC(OC)=NC(c2ccc(F)c(F)c2)C1C(=O)O. The van der Waals surface area contributed by atoms with Gasteiger partial charge in [-0.15, -0.1) is 0 Å². The van der Waals surface area contributed by atoms with Crippen LogP contribution in [0.3, 0.4) is 0 Å². The number of rotatable bonds is 3. The van der Waals surface area contributed by atoms with Crippen LogP contribution < -0.4 is 0 Å². The van der Waals surface area contributed by atoms with E-state index in [9.17, 15) is 18.7 Å². The zero-order chi connectivity index (χ0) is 15.6. The number of benzene rings is 1. The number of nitrogens with zero attached hydrogens (tertiary/aromatic N) is 2. The second-order valence-electron chi connectivity index (χ2n) is 4.51. The van der Waals surface area contributed by atoms with Gasteiger partial charge in [-0.25, -0.2) is 18.8 Å². The minimum atomic E-state index is -1.12. The van der Waals surface area contributed by atoms with Crippen molar-refractivity contribution in [3.05, 3.63) is 35.4 Å². The number of methoxy groups -OCH3 is 1. The number of aliphatic imine (C=N–C) groups is 2. The summed E-state index contributed by atoms with van der Waals surface area (Å²) in [6, 6.07) is 2.34. The van der Waals surface area contributed by atoms with E-state index in [2.05, 4.69) is 9.98 Å². The average Bonchev–Trinajstić information content (AvgIpc) is 2.48. The molecule has 0 amide bonds. The Labute approximate surface area is 120 Å². The van der Waals surface area contributed by atoms with E-state index in [1.54, 1.807) is 6.92 Å². The maximum Gasteiger partial charge on any atom is 0.314 e. The Hall–Kier alpha value is -2.31. The summed E-state index contributed by atoms with van der Waals surface area (Å²) in [5.41, 5.74) is 0.640. The van der Waals surface area contributed by atoms with Gasteiger partial charge in [-0.3, -0.25) is 4.79 Å². The highest BCUT2D eigenvalue weighted by atomic mass is 19.2. The summed E-state index contributed by atoms with van der Waals surface area (Å²) in [6.45, 7) is 1.76. The van der Waals surface area contributed by atoms with Crippen molar-refractivity contribution in [1.29, 1.82) is 0 Å². The van der Waals surface area contributed by atoms with Crippen molar-refractivity contribution < 1.29 is 23.4 Å². The molecule has 1 aromatic carbocycles. The van der Waals surface area contributed by atoms with Crippen LogP contribution in [0.2, 0.25) is 0 Å². The summed E-state index contributed by atoms with van der Waals surface area (Å²) in [5.74, 6) is -4.20. The zero-order valence-corrected chi connectivity index (χ0v) is 11.5. The molecular weight excluding hydrogens is 282 g/mol. The molecule has 0 fully saturated rings. The summed E-state index contributed by atoms with van der Waals surface area (Å²) in [6.07, 6.45) is 0.388. The first kappa shape index (κ1) is 15.1. The molecule has 2 atom stereocenters. The van der Waals surface area contributed by atoms with E-state index in [1.807, 2.05) is 0 Å². The van der Waals surface area contributed by atoms with Gasteiger partial charge in [0.25, 0.3) is 0 Å². The molecule has 0 saturated heterocycles. The zero-order valence-electron chi connectivity index (χ0n) is 11.5. The van der Waals surface area contributed by atoms with Crippen LogP contribution in [-0.4, -0.2) is 29.9 Å². The summed E-state index contributed by atoms with van der Waals surface area (Å²) in [4.78, 5) is 19.6. The first-order valence-electron chi connectivity index (χ1n) is 6.35. The molecule has 2 rings (SSSR count). The monoisotopic (exact) mass is 296 g/mol. The smallest absolute Gasteiger partial charge is 0.314 e. The molecule has 1 aliphatic heterocycles. The van der Waals surface area contributed by atoms with Gasteiger partial charge in [0, 0.05) is 5.71 Å². The largest absolute Gasteiger partial charge is 0.481 e. The molecule has 1 N–H and O–H groups in total. The van der Waals surface area contributed by atoms with Gasteiger partial charge in [0.2, 0.25) is 0 Å². The number of halogens is 2. The van der Waals surface area contributed by atoms with Crippen molar-refractivity contribution in [1.82, 2.24) is 0 Å². The van der Waals surface area contributed by atoms with Crippen LogP contribution >= 0.6 is 0 Å². The highest BCUT2D eigenvalue weighted by Crippen LogP contribution is 2.32. The van der Waals surface area contributed by atoms with Gasteiger partial charge in [-0.1, -0.05) is 13.0 Å². The van der Waals surface area contributed by atoms with Crippen LogP contribution in [-0.2, 0) is 9.53 Å². The fourth-order valence-electron chi connectivity index (χ4n) is 2.24. The van der Waals surface area contributed by atoms with Gasteiger partial charge in [-0.05, 0) is 24.1 Å².